The molecule has 16 heavy (non-hydrogen) atoms. The van der Waals surface area contributed by atoms with Gasteiger partial charge >= 0.3 is 0 Å². The van der Waals surface area contributed by atoms with Gasteiger partial charge in [-0.25, -0.2) is 4.98 Å². The summed E-state index contributed by atoms with van der Waals surface area (Å²) >= 11 is 0. The molecule has 1 aromatic rings. The number of piperazine rings is 1. The highest BCUT2D eigenvalue weighted by molar-refractivity contribution is 5.95. The van der Waals surface area contributed by atoms with Crippen molar-refractivity contribution >= 4 is 11.8 Å². The molecule has 1 atom stereocenters. The fraction of sp³-hybridized carbons (Fsp3) is 0.556. The van der Waals surface area contributed by atoms with E-state index in [-0.39, 0.29) is 17.6 Å². The van der Waals surface area contributed by atoms with E-state index in [2.05, 4.69) is 20.5 Å². The van der Waals surface area contributed by atoms with Crippen LogP contribution in [-0.4, -0.2) is 51.0 Å². The molecule has 1 saturated heterocycles. The number of H-pyrrole nitrogens is 1. The standard InChI is InChI=1S/C9H13N5O2/c1-5-8(15)10-3-4-14(5)9(16)7-11-6(2)12-13-7/h5H,3-4H2,1-2H3,(H,10,15)(H,11,12,13). The second kappa shape index (κ2) is 3.92. The van der Waals surface area contributed by atoms with Crippen molar-refractivity contribution < 1.29 is 9.59 Å². The fourth-order valence-corrected chi connectivity index (χ4v) is 1.63. The third kappa shape index (κ3) is 1.75. The topological polar surface area (TPSA) is 91.0 Å². The summed E-state index contributed by atoms with van der Waals surface area (Å²) in [6.07, 6.45) is 0. The largest absolute Gasteiger partial charge is 0.353 e. The first-order valence-corrected chi connectivity index (χ1v) is 5.07. The molecule has 86 valence electrons. The minimum absolute atomic E-state index is 0.110. The van der Waals surface area contributed by atoms with Crippen LogP contribution in [-0.2, 0) is 4.79 Å². The normalized spacial score (nSPS) is 20.8. The molecule has 1 fully saturated rings. The molecule has 7 heteroatoms. The molecule has 7 nitrogen and oxygen atoms in total. The monoisotopic (exact) mass is 223 g/mol. The van der Waals surface area contributed by atoms with Gasteiger partial charge in [0.25, 0.3) is 5.91 Å². The lowest BCUT2D eigenvalue weighted by Crippen LogP contribution is -2.56. The number of carbonyl (C=O) groups is 2. The number of nitrogens with zero attached hydrogens (tertiary/aromatic N) is 3. The van der Waals surface area contributed by atoms with Crippen LogP contribution in [0.4, 0.5) is 0 Å². The quantitative estimate of drug-likeness (QED) is 0.643. The minimum Gasteiger partial charge on any atom is -0.353 e. The third-order valence-corrected chi connectivity index (χ3v) is 2.55. The van der Waals surface area contributed by atoms with E-state index in [0.717, 1.165) is 0 Å². The molecule has 2 amide bonds. The van der Waals surface area contributed by atoms with Crippen molar-refractivity contribution in [1.82, 2.24) is 25.4 Å². The molecule has 1 aliphatic heterocycles. The molecule has 1 aliphatic rings. The van der Waals surface area contributed by atoms with Gasteiger partial charge in [0.2, 0.25) is 11.7 Å². The first kappa shape index (κ1) is 10.6. The Kier molecular flexibility index (Phi) is 2.59. The van der Waals surface area contributed by atoms with Crippen LogP contribution < -0.4 is 5.32 Å². The number of hydrogen-bond donors (Lipinski definition) is 2. The highest BCUT2D eigenvalue weighted by Crippen LogP contribution is 2.07. The van der Waals surface area contributed by atoms with Gasteiger partial charge in [-0.15, -0.1) is 5.10 Å². The molecule has 0 radical (unpaired) electrons. The van der Waals surface area contributed by atoms with Crippen molar-refractivity contribution in [3.63, 3.8) is 0 Å². The molecule has 1 aromatic heterocycles. The Labute approximate surface area is 92.2 Å². The van der Waals surface area contributed by atoms with Crippen LogP contribution in [0.5, 0.6) is 0 Å². The number of hydrogen-bond acceptors (Lipinski definition) is 4. The molecule has 1 unspecified atom stereocenters. The average molecular weight is 223 g/mol. The van der Waals surface area contributed by atoms with Gasteiger partial charge in [0.15, 0.2) is 0 Å². The zero-order valence-corrected chi connectivity index (χ0v) is 9.15. The summed E-state index contributed by atoms with van der Waals surface area (Å²) in [5.41, 5.74) is 0. The summed E-state index contributed by atoms with van der Waals surface area (Å²) in [6.45, 7) is 4.36. The lowest BCUT2D eigenvalue weighted by molar-refractivity contribution is -0.127. The van der Waals surface area contributed by atoms with Gasteiger partial charge in [0.05, 0.1) is 0 Å². The van der Waals surface area contributed by atoms with Gasteiger partial charge in [-0.1, -0.05) is 0 Å². The summed E-state index contributed by atoms with van der Waals surface area (Å²) in [6, 6.07) is -0.472. The summed E-state index contributed by atoms with van der Waals surface area (Å²) in [5, 5.41) is 9.09. The van der Waals surface area contributed by atoms with E-state index in [1.54, 1.807) is 13.8 Å². The van der Waals surface area contributed by atoms with Crippen LogP contribution in [0.1, 0.15) is 23.4 Å². The number of aromatic nitrogens is 3. The zero-order valence-electron chi connectivity index (χ0n) is 9.15. The zero-order chi connectivity index (χ0) is 11.7. The molecule has 0 aromatic carbocycles. The Morgan fingerprint density at radius 3 is 2.94 bits per heavy atom. The van der Waals surface area contributed by atoms with E-state index in [1.165, 1.54) is 4.90 Å². The van der Waals surface area contributed by atoms with Crippen LogP contribution in [0.3, 0.4) is 0 Å². The lowest BCUT2D eigenvalue weighted by atomic mass is 10.2. The first-order chi connectivity index (χ1) is 7.59. The minimum atomic E-state index is -0.472. The van der Waals surface area contributed by atoms with E-state index >= 15 is 0 Å². The van der Waals surface area contributed by atoms with Crippen molar-refractivity contribution in [2.24, 2.45) is 0 Å². The van der Waals surface area contributed by atoms with Crippen molar-refractivity contribution in [3.8, 4) is 0 Å². The number of aryl methyl sites for hydroxylation is 1. The highest BCUT2D eigenvalue weighted by atomic mass is 16.2. The first-order valence-electron chi connectivity index (χ1n) is 5.07. The third-order valence-electron chi connectivity index (χ3n) is 2.55. The summed E-state index contributed by atoms with van der Waals surface area (Å²) in [5.74, 6) is 0.232. The Morgan fingerprint density at radius 1 is 1.56 bits per heavy atom. The van der Waals surface area contributed by atoms with Gasteiger partial charge in [-0.2, -0.15) is 0 Å². The van der Waals surface area contributed by atoms with Gasteiger partial charge in [0, 0.05) is 13.1 Å². The van der Waals surface area contributed by atoms with Crippen LogP contribution in [0.2, 0.25) is 0 Å². The van der Waals surface area contributed by atoms with Crippen LogP contribution in [0, 0.1) is 6.92 Å². The summed E-state index contributed by atoms with van der Waals surface area (Å²) in [7, 11) is 0. The Balaban J connectivity index is 2.18. The van der Waals surface area contributed by atoms with Crippen LogP contribution >= 0.6 is 0 Å². The van der Waals surface area contributed by atoms with Gasteiger partial charge in [-0.3, -0.25) is 14.7 Å². The molecule has 0 aliphatic carbocycles. The molecule has 0 bridgehead atoms. The van der Waals surface area contributed by atoms with Crippen molar-refractivity contribution in [1.29, 1.82) is 0 Å². The number of nitrogens with one attached hydrogen (secondary N) is 2. The summed E-state index contributed by atoms with van der Waals surface area (Å²) in [4.78, 5) is 28.8. The number of amides is 2. The smallest absolute Gasteiger partial charge is 0.294 e. The predicted molar refractivity (Wildman–Crippen MR) is 54.6 cm³/mol. The van der Waals surface area contributed by atoms with Crippen LogP contribution in [0.15, 0.2) is 0 Å². The summed E-state index contributed by atoms with van der Waals surface area (Å²) < 4.78 is 0. The Hall–Kier alpha value is -1.92. The van der Waals surface area contributed by atoms with E-state index < -0.39 is 6.04 Å². The molecular weight excluding hydrogens is 210 g/mol. The maximum Gasteiger partial charge on any atom is 0.294 e. The maximum atomic E-state index is 12.0. The second-order valence-corrected chi connectivity index (χ2v) is 3.71. The van der Waals surface area contributed by atoms with Crippen molar-refractivity contribution in [3.05, 3.63) is 11.6 Å². The molecule has 2 heterocycles. The van der Waals surface area contributed by atoms with Crippen molar-refractivity contribution in [2.45, 2.75) is 19.9 Å². The SMILES string of the molecule is Cc1nc(C(=O)N2CCNC(=O)C2C)n[nH]1. The lowest BCUT2D eigenvalue weighted by Gasteiger charge is -2.31. The van der Waals surface area contributed by atoms with E-state index in [9.17, 15) is 9.59 Å². The van der Waals surface area contributed by atoms with Gasteiger partial charge in [-0.05, 0) is 13.8 Å². The Morgan fingerprint density at radius 2 is 2.31 bits per heavy atom. The molecule has 0 saturated carbocycles. The number of carbonyl (C=O) groups excluding carboxylic acids is 2. The number of rotatable bonds is 1. The number of aromatic amines is 1. The molecule has 0 spiro atoms. The fourth-order valence-electron chi connectivity index (χ4n) is 1.63. The molecule has 2 rings (SSSR count). The molecule has 2 N–H and O–H groups in total. The van der Waals surface area contributed by atoms with Gasteiger partial charge < -0.3 is 10.2 Å². The van der Waals surface area contributed by atoms with Gasteiger partial charge in [0.1, 0.15) is 11.9 Å². The van der Waals surface area contributed by atoms with E-state index in [1.807, 2.05) is 0 Å². The molecular formula is C9H13N5O2. The Bertz CT molecular complexity index is 427. The average Bonchev–Trinajstić information content (AvgIpc) is 2.68. The predicted octanol–water partition coefficient (Wildman–Crippen LogP) is -0.926. The van der Waals surface area contributed by atoms with E-state index in [4.69, 9.17) is 0 Å². The van der Waals surface area contributed by atoms with E-state index in [0.29, 0.717) is 18.9 Å². The van der Waals surface area contributed by atoms with Crippen LogP contribution in [0.25, 0.3) is 0 Å². The highest BCUT2D eigenvalue weighted by Gasteiger charge is 2.31. The second-order valence-electron chi connectivity index (χ2n) is 3.71. The maximum absolute atomic E-state index is 12.0. The van der Waals surface area contributed by atoms with Crippen molar-refractivity contribution in [2.75, 3.05) is 13.1 Å².